The Morgan fingerprint density at radius 2 is 1.90 bits per heavy atom. The first-order valence-corrected chi connectivity index (χ1v) is 7.77. The predicted molar refractivity (Wildman–Crippen MR) is 81.8 cm³/mol. The van der Waals surface area contributed by atoms with E-state index in [1.54, 1.807) is 0 Å². The van der Waals surface area contributed by atoms with Gasteiger partial charge in [-0.3, -0.25) is 0 Å². The first-order valence-electron chi connectivity index (χ1n) is 7.77. The highest BCUT2D eigenvalue weighted by Gasteiger charge is 2.42. The number of benzene rings is 1. The van der Waals surface area contributed by atoms with Crippen LogP contribution >= 0.6 is 0 Å². The molecule has 1 saturated carbocycles. The zero-order valence-corrected chi connectivity index (χ0v) is 12.8. The molecule has 0 spiro atoms. The Morgan fingerprint density at radius 1 is 1.24 bits per heavy atom. The molecule has 3 rings (SSSR count). The Labute approximate surface area is 125 Å². The van der Waals surface area contributed by atoms with Crippen LogP contribution in [0.2, 0.25) is 0 Å². The van der Waals surface area contributed by atoms with Gasteiger partial charge in [-0.05, 0) is 31.7 Å². The molecular weight excluding hydrogens is 262 g/mol. The molecule has 0 aliphatic heterocycles. The van der Waals surface area contributed by atoms with Gasteiger partial charge < -0.3 is 10.3 Å². The van der Waals surface area contributed by atoms with Crippen molar-refractivity contribution in [1.29, 1.82) is 0 Å². The minimum absolute atomic E-state index is 0.104. The summed E-state index contributed by atoms with van der Waals surface area (Å²) >= 11 is 0. The normalized spacial score (nSPS) is 20.3. The summed E-state index contributed by atoms with van der Waals surface area (Å²) in [7, 11) is 0. The molecule has 1 fully saturated rings. The number of rotatable bonds is 4. The first kappa shape index (κ1) is 14.3. The molecule has 0 amide bonds. The second kappa shape index (κ2) is 5.26. The fourth-order valence-corrected chi connectivity index (χ4v) is 3.18. The van der Waals surface area contributed by atoms with Crippen LogP contribution < -0.4 is 5.73 Å². The van der Waals surface area contributed by atoms with Crippen LogP contribution in [0.25, 0.3) is 0 Å². The molecule has 4 nitrogen and oxygen atoms in total. The summed E-state index contributed by atoms with van der Waals surface area (Å²) in [5, 5.41) is 4.29. The number of aromatic nitrogens is 2. The SMILES string of the molecule is CCC(C)(N)c1nc(C2(c3ccccc3)CCCC2)no1. The summed E-state index contributed by atoms with van der Waals surface area (Å²) in [5.41, 5.74) is 6.86. The highest BCUT2D eigenvalue weighted by molar-refractivity contribution is 5.34. The van der Waals surface area contributed by atoms with Gasteiger partial charge in [0.25, 0.3) is 0 Å². The topological polar surface area (TPSA) is 64.9 Å². The molecule has 112 valence electrons. The molecule has 2 N–H and O–H groups in total. The van der Waals surface area contributed by atoms with Crippen molar-refractivity contribution in [3.05, 3.63) is 47.6 Å². The van der Waals surface area contributed by atoms with E-state index in [9.17, 15) is 0 Å². The van der Waals surface area contributed by atoms with Gasteiger partial charge in [0.05, 0.1) is 11.0 Å². The first-order chi connectivity index (χ1) is 10.1. The molecule has 0 saturated heterocycles. The van der Waals surface area contributed by atoms with Gasteiger partial charge in [0, 0.05) is 0 Å². The lowest BCUT2D eigenvalue weighted by Crippen LogP contribution is -2.33. The summed E-state index contributed by atoms with van der Waals surface area (Å²) in [4.78, 5) is 4.68. The van der Waals surface area contributed by atoms with Crippen LogP contribution in [0.3, 0.4) is 0 Å². The van der Waals surface area contributed by atoms with Crippen LogP contribution in [0, 0.1) is 0 Å². The van der Waals surface area contributed by atoms with Crippen molar-refractivity contribution in [3.63, 3.8) is 0 Å². The third kappa shape index (κ3) is 2.38. The standard InChI is InChI=1S/C17H23N3O/c1-3-16(2,18)15-19-14(20-21-15)17(11-7-8-12-17)13-9-5-4-6-10-13/h4-6,9-10H,3,7-8,11-12,18H2,1-2H3. The number of hydrogen-bond donors (Lipinski definition) is 1. The summed E-state index contributed by atoms with van der Waals surface area (Å²) < 4.78 is 5.49. The molecule has 1 aliphatic rings. The summed E-state index contributed by atoms with van der Waals surface area (Å²) in [6.07, 6.45) is 5.32. The third-order valence-electron chi connectivity index (χ3n) is 4.86. The van der Waals surface area contributed by atoms with Crippen LogP contribution in [0.1, 0.15) is 63.2 Å². The molecule has 21 heavy (non-hydrogen) atoms. The molecule has 1 unspecified atom stereocenters. The van der Waals surface area contributed by atoms with Crippen LogP contribution in [0.15, 0.2) is 34.9 Å². The Morgan fingerprint density at radius 3 is 2.52 bits per heavy atom. The van der Waals surface area contributed by atoms with E-state index in [1.165, 1.54) is 18.4 Å². The van der Waals surface area contributed by atoms with E-state index in [2.05, 4.69) is 34.4 Å². The van der Waals surface area contributed by atoms with E-state index in [0.717, 1.165) is 25.1 Å². The van der Waals surface area contributed by atoms with E-state index in [-0.39, 0.29) is 5.41 Å². The monoisotopic (exact) mass is 285 g/mol. The van der Waals surface area contributed by atoms with Crippen molar-refractivity contribution in [3.8, 4) is 0 Å². The second-order valence-electron chi connectivity index (χ2n) is 6.35. The van der Waals surface area contributed by atoms with Gasteiger partial charge in [0.15, 0.2) is 5.82 Å². The Bertz CT molecular complexity index is 598. The van der Waals surface area contributed by atoms with Crippen molar-refractivity contribution in [2.24, 2.45) is 5.73 Å². The molecule has 0 bridgehead atoms. The highest BCUT2D eigenvalue weighted by atomic mass is 16.5. The van der Waals surface area contributed by atoms with Gasteiger partial charge in [0.1, 0.15) is 0 Å². The van der Waals surface area contributed by atoms with Crippen molar-refractivity contribution >= 4 is 0 Å². The van der Waals surface area contributed by atoms with Gasteiger partial charge >= 0.3 is 0 Å². The molecule has 1 atom stereocenters. The van der Waals surface area contributed by atoms with E-state index in [1.807, 2.05) is 19.9 Å². The maximum Gasteiger partial charge on any atom is 0.246 e. The maximum absolute atomic E-state index is 6.23. The number of hydrogen-bond acceptors (Lipinski definition) is 4. The van der Waals surface area contributed by atoms with Gasteiger partial charge in [-0.15, -0.1) is 0 Å². The van der Waals surface area contributed by atoms with Crippen molar-refractivity contribution in [2.45, 2.75) is 56.9 Å². The number of nitrogens with zero attached hydrogens (tertiary/aromatic N) is 2. The molecule has 1 heterocycles. The lowest BCUT2D eigenvalue weighted by atomic mass is 9.78. The second-order valence-corrected chi connectivity index (χ2v) is 6.35. The molecular formula is C17H23N3O. The summed E-state index contributed by atoms with van der Waals surface area (Å²) in [6, 6.07) is 10.5. The van der Waals surface area contributed by atoms with E-state index < -0.39 is 5.54 Å². The van der Waals surface area contributed by atoms with Crippen LogP contribution in [0.5, 0.6) is 0 Å². The summed E-state index contributed by atoms with van der Waals surface area (Å²) in [6.45, 7) is 3.97. The molecule has 1 aromatic carbocycles. The zero-order chi connectivity index (χ0) is 14.9. The highest BCUT2D eigenvalue weighted by Crippen LogP contribution is 2.45. The van der Waals surface area contributed by atoms with E-state index in [0.29, 0.717) is 5.89 Å². The number of nitrogens with two attached hydrogens (primary N) is 1. The van der Waals surface area contributed by atoms with Crippen LogP contribution in [-0.4, -0.2) is 10.1 Å². The van der Waals surface area contributed by atoms with Gasteiger partial charge in [-0.25, -0.2) is 0 Å². The van der Waals surface area contributed by atoms with Crippen molar-refractivity contribution in [2.75, 3.05) is 0 Å². The average molecular weight is 285 g/mol. The average Bonchev–Trinajstić information content (AvgIpc) is 3.18. The zero-order valence-electron chi connectivity index (χ0n) is 12.8. The predicted octanol–water partition coefficient (Wildman–Crippen LogP) is 3.51. The van der Waals surface area contributed by atoms with Crippen molar-refractivity contribution < 1.29 is 4.52 Å². The van der Waals surface area contributed by atoms with Crippen LogP contribution in [0.4, 0.5) is 0 Å². The fourth-order valence-electron chi connectivity index (χ4n) is 3.18. The molecule has 1 aliphatic carbocycles. The quantitative estimate of drug-likeness (QED) is 0.933. The lowest BCUT2D eigenvalue weighted by molar-refractivity contribution is 0.287. The van der Waals surface area contributed by atoms with Gasteiger partial charge in [-0.2, -0.15) is 4.98 Å². The van der Waals surface area contributed by atoms with E-state index >= 15 is 0 Å². The summed E-state index contributed by atoms with van der Waals surface area (Å²) in [5.74, 6) is 1.34. The Balaban J connectivity index is 2.04. The molecule has 0 radical (unpaired) electrons. The minimum Gasteiger partial charge on any atom is -0.337 e. The van der Waals surface area contributed by atoms with Gasteiger partial charge in [-0.1, -0.05) is 55.3 Å². The third-order valence-corrected chi connectivity index (χ3v) is 4.86. The van der Waals surface area contributed by atoms with Crippen molar-refractivity contribution in [1.82, 2.24) is 10.1 Å². The maximum atomic E-state index is 6.23. The smallest absolute Gasteiger partial charge is 0.246 e. The molecule has 1 aromatic heterocycles. The van der Waals surface area contributed by atoms with Crippen LogP contribution in [-0.2, 0) is 11.0 Å². The van der Waals surface area contributed by atoms with Gasteiger partial charge in [0.2, 0.25) is 5.89 Å². The molecule has 4 heteroatoms. The lowest BCUT2D eigenvalue weighted by Gasteiger charge is -2.25. The fraction of sp³-hybridized carbons (Fsp3) is 0.529. The molecule has 2 aromatic rings. The Kier molecular flexibility index (Phi) is 3.57. The Hall–Kier alpha value is -1.68. The largest absolute Gasteiger partial charge is 0.337 e. The minimum atomic E-state index is -0.554. The van der Waals surface area contributed by atoms with E-state index in [4.69, 9.17) is 10.3 Å².